The maximum Gasteiger partial charge on any atom is 0.127 e. The molecule has 88 valence electrons. The van der Waals surface area contributed by atoms with Gasteiger partial charge in [-0.1, -0.05) is 44.9 Å². The molecule has 0 saturated heterocycles. The number of carbonyl (C=O) groups excluding carboxylic acids is 1. The van der Waals surface area contributed by atoms with E-state index in [1.165, 1.54) is 12.8 Å². The van der Waals surface area contributed by atoms with E-state index in [0.29, 0.717) is 0 Å². The molecule has 16 heavy (non-hydrogen) atoms. The van der Waals surface area contributed by atoms with Gasteiger partial charge in [0.15, 0.2) is 0 Å². The van der Waals surface area contributed by atoms with Crippen LogP contribution in [0.5, 0.6) is 5.75 Å². The highest BCUT2D eigenvalue weighted by atomic mass is 16.5. The zero-order valence-electron chi connectivity index (χ0n) is 10.1. The van der Waals surface area contributed by atoms with E-state index in [0.717, 1.165) is 30.6 Å². The Bertz CT molecular complexity index is 320. The van der Waals surface area contributed by atoms with E-state index >= 15 is 0 Å². The van der Waals surface area contributed by atoms with Crippen LogP contribution in [0.2, 0.25) is 0 Å². The average molecular weight is 220 g/mol. The summed E-state index contributed by atoms with van der Waals surface area (Å²) in [6, 6.07) is 7.76. The molecule has 0 aliphatic heterocycles. The molecule has 0 bridgehead atoms. The average Bonchev–Trinajstić information content (AvgIpc) is 2.34. The molecule has 0 aliphatic rings. The van der Waals surface area contributed by atoms with E-state index in [1.54, 1.807) is 0 Å². The molecule has 0 N–H and O–H groups in total. The summed E-state index contributed by atoms with van der Waals surface area (Å²) < 4.78 is 5.70. The van der Waals surface area contributed by atoms with E-state index in [4.69, 9.17) is 4.74 Å². The molecule has 1 atom stereocenters. The molecular weight excluding hydrogens is 200 g/mol. The fraction of sp³-hybridized carbons (Fsp3) is 0.500. The van der Waals surface area contributed by atoms with E-state index in [9.17, 15) is 4.79 Å². The van der Waals surface area contributed by atoms with E-state index in [1.807, 2.05) is 31.2 Å². The fourth-order valence-corrected chi connectivity index (χ4v) is 1.60. The first-order chi connectivity index (χ1) is 7.79. The molecule has 0 fully saturated rings. The number of aldehydes is 1. The molecule has 2 heteroatoms. The van der Waals surface area contributed by atoms with Gasteiger partial charge in [-0.05, 0) is 12.5 Å². The van der Waals surface area contributed by atoms with Gasteiger partial charge in [-0.15, -0.1) is 0 Å². The van der Waals surface area contributed by atoms with Gasteiger partial charge in [0.2, 0.25) is 0 Å². The minimum Gasteiger partial charge on any atom is -0.493 e. The second-order valence-electron chi connectivity index (χ2n) is 4.02. The summed E-state index contributed by atoms with van der Waals surface area (Å²) in [7, 11) is 0. The number of benzene rings is 1. The lowest BCUT2D eigenvalue weighted by molar-refractivity contribution is -0.108. The van der Waals surface area contributed by atoms with Crippen LogP contribution in [0.3, 0.4) is 0 Å². The fourth-order valence-electron chi connectivity index (χ4n) is 1.60. The van der Waals surface area contributed by atoms with Crippen molar-refractivity contribution < 1.29 is 9.53 Å². The summed E-state index contributed by atoms with van der Waals surface area (Å²) in [6.45, 7) is 4.79. The van der Waals surface area contributed by atoms with Gasteiger partial charge in [0, 0.05) is 11.5 Å². The maximum absolute atomic E-state index is 10.8. The highest BCUT2D eigenvalue weighted by Gasteiger charge is 2.09. The van der Waals surface area contributed by atoms with Crippen LogP contribution in [0, 0.1) is 0 Å². The lowest BCUT2D eigenvalue weighted by atomic mass is 10.0. The Balaban J connectivity index is 2.60. The summed E-state index contributed by atoms with van der Waals surface area (Å²) >= 11 is 0. The molecule has 0 radical (unpaired) electrons. The highest BCUT2D eigenvalue weighted by molar-refractivity contribution is 5.63. The Hall–Kier alpha value is -1.31. The van der Waals surface area contributed by atoms with Crippen molar-refractivity contribution in [3.05, 3.63) is 29.8 Å². The molecular formula is C14H20O2. The van der Waals surface area contributed by atoms with Crippen LogP contribution in [0.25, 0.3) is 0 Å². The van der Waals surface area contributed by atoms with Crippen LogP contribution in [-0.4, -0.2) is 12.9 Å². The zero-order chi connectivity index (χ0) is 11.8. The van der Waals surface area contributed by atoms with Crippen LogP contribution in [0.15, 0.2) is 24.3 Å². The van der Waals surface area contributed by atoms with Crippen molar-refractivity contribution in [1.82, 2.24) is 0 Å². The molecule has 1 rings (SSSR count). The Morgan fingerprint density at radius 1 is 1.31 bits per heavy atom. The second kappa shape index (κ2) is 7.04. The Morgan fingerprint density at radius 3 is 2.75 bits per heavy atom. The quantitative estimate of drug-likeness (QED) is 0.519. The van der Waals surface area contributed by atoms with Gasteiger partial charge in [0.25, 0.3) is 0 Å². The Morgan fingerprint density at radius 2 is 2.06 bits per heavy atom. The van der Waals surface area contributed by atoms with Crippen LogP contribution >= 0.6 is 0 Å². The summed E-state index contributed by atoms with van der Waals surface area (Å²) in [5.41, 5.74) is 0.981. The summed E-state index contributed by atoms with van der Waals surface area (Å²) in [6.07, 6.45) is 4.40. The number of para-hydroxylation sites is 1. The van der Waals surface area contributed by atoms with Crippen molar-refractivity contribution >= 4 is 6.29 Å². The molecule has 2 nitrogen and oxygen atoms in total. The largest absolute Gasteiger partial charge is 0.493 e. The smallest absolute Gasteiger partial charge is 0.127 e. The number of carbonyl (C=O) groups is 1. The molecule has 0 amide bonds. The van der Waals surface area contributed by atoms with Crippen molar-refractivity contribution in [2.45, 2.75) is 39.0 Å². The van der Waals surface area contributed by atoms with Crippen LogP contribution in [0.1, 0.15) is 44.6 Å². The highest BCUT2D eigenvalue weighted by Crippen LogP contribution is 2.25. The predicted molar refractivity (Wildman–Crippen MR) is 65.9 cm³/mol. The number of hydrogen-bond donors (Lipinski definition) is 0. The third-order valence-electron chi connectivity index (χ3n) is 2.62. The van der Waals surface area contributed by atoms with Gasteiger partial charge in [-0.2, -0.15) is 0 Å². The number of unbranched alkanes of at least 4 members (excludes halogenated alkanes) is 2. The van der Waals surface area contributed by atoms with Crippen molar-refractivity contribution in [1.29, 1.82) is 0 Å². The number of rotatable bonds is 7. The molecule has 0 spiro atoms. The van der Waals surface area contributed by atoms with Crippen molar-refractivity contribution in [3.8, 4) is 5.75 Å². The topological polar surface area (TPSA) is 26.3 Å². The first-order valence-electron chi connectivity index (χ1n) is 5.96. The number of ether oxygens (including phenoxy) is 1. The van der Waals surface area contributed by atoms with Crippen molar-refractivity contribution in [3.63, 3.8) is 0 Å². The molecule has 1 aromatic rings. The van der Waals surface area contributed by atoms with Gasteiger partial charge >= 0.3 is 0 Å². The Kier molecular flexibility index (Phi) is 5.62. The third kappa shape index (κ3) is 3.69. The monoisotopic (exact) mass is 220 g/mol. The second-order valence-corrected chi connectivity index (χ2v) is 4.02. The predicted octanol–water partition coefficient (Wildman–Crippen LogP) is 3.56. The third-order valence-corrected chi connectivity index (χ3v) is 2.62. The van der Waals surface area contributed by atoms with E-state index in [-0.39, 0.29) is 5.92 Å². The van der Waals surface area contributed by atoms with Crippen LogP contribution in [0.4, 0.5) is 0 Å². The standard InChI is InChI=1S/C14H20O2/c1-3-4-7-10-16-14-9-6-5-8-13(14)12(2)11-15/h5-6,8-9,11-12H,3-4,7,10H2,1-2H3. The lowest BCUT2D eigenvalue weighted by Gasteiger charge is -2.12. The minimum atomic E-state index is -0.0950. The molecule has 0 saturated carbocycles. The van der Waals surface area contributed by atoms with Crippen molar-refractivity contribution in [2.24, 2.45) is 0 Å². The summed E-state index contributed by atoms with van der Waals surface area (Å²) in [5.74, 6) is 0.751. The normalized spacial score (nSPS) is 12.1. The maximum atomic E-state index is 10.8. The van der Waals surface area contributed by atoms with E-state index in [2.05, 4.69) is 6.92 Å². The van der Waals surface area contributed by atoms with Gasteiger partial charge in [0.1, 0.15) is 12.0 Å². The van der Waals surface area contributed by atoms with Gasteiger partial charge in [0.05, 0.1) is 6.61 Å². The number of hydrogen-bond acceptors (Lipinski definition) is 2. The molecule has 1 aromatic carbocycles. The molecule has 0 aromatic heterocycles. The van der Waals surface area contributed by atoms with E-state index < -0.39 is 0 Å². The zero-order valence-corrected chi connectivity index (χ0v) is 10.1. The first-order valence-corrected chi connectivity index (χ1v) is 5.96. The summed E-state index contributed by atoms with van der Waals surface area (Å²) in [5, 5.41) is 0. The minimum absolute atomic E-state index is 0.0950. The molecule has 0 aliphatic carbocycles. The SMILES string of the molecule is CCCCCOc1ccccc1C(C)C=O. The van der Waals surface area contributed by atoms with Crippen LogP contribution in [-0.2, 0) is 4.79 Å². The lowest BCUT2D eigenvalue weighted by Crippen LogP contribution is -2.03. The Labute approximate surface area is 97.6 Å². The van der Waals surface area contributed by atoms with Crippen molar-refractivity contribution in [2.75, 3.05) is 6.61 Å². The van der Waals surface area contributed by atoms with Gasteiger partial charge in [-0.25, -0.2) is 0 Å². The summed E-state index contributed by atoms with van der Waals surface area (Å²) in [4.78, 5) is 10.8. The van der Waals surface area contributed by atoms with Crippen LogP contribution < -0.4 is 4.74 Å². The molecule has 1 unspecified atom stereocenters. The molecule has 0 heterocycles. The van der Waals surface area contributed by atoms with Gasteiger partial charge < -0.3 is 9.53 Å². The first kappa shape index (κ1) is 12.8. The van der Waals surface area contributed by atoms with Gasteiger partial charge in [-0.3, -0.25) is 0 Å².